The molecule has 202 valence electrons. The van der Waals surface area contributed by atoms with E-state index in [0.717, 1.165) is 27.5 Å². The van der Waals surface area contributed by atoms with Crippen molar-refractivity contribution in [1.29, 1.82) is 0 Å². The van der Waals surface area contributed by atoms with Gasteiger partial charge in [0.05, 0.1) is 0 Å². The Bertz CT molecular complexity index is 1310. The zero-order valence-electron chi connectivity index (χ0n) is 23.4. The number of carbonyl (C=O) groups is 3. The van der Waals surface area contributed by atoms with Crippen molar-refractivity contribution in [2.24, 2.45) is 0 Å². The van der Waals surface area contributed by atoms with Gasteiger partial charge >= 0.3 is 6.09 Å². The molecular formula is C31H39N3O4. The van der Waals surface area contributed by atoms with Crippen molar-refractivity contribution in [2.45, 2.75) is 72.6 Å². The second-order valence-electron chi connectivity index (χ2n) is 10.7. The topological polar surface area (TPSA) is 87.7 Å². The lowest BCUT2D eigenvalue weighted by Gasteiger charge is -2.34. The third-order valence-electron chi connectivity index (χ3n) is 6.16. The third-order valence-corrected chi connectivity index (χ3v) is 6.16. The van der Waals surface area contributed by atoms with Gasteiger partial charge in [-0.3, -0.25) is 9.59 Å². The number of nitrogens with zero attached hydrogens (tertiary/aromatic N) is 1. The van der Waals surface area contributed by atoms with E-state index in [1.54, 1.807) is 32.6 Å². The molecule has 7 heteroatoms. The SMILES string of the molecule is CCCN(C(=O)C(C)NC(=O)OC(C)(C)C)C(C(=O)Nc1ccc2ccccc2c1)c1cc(C)ccc1C. The van der Waals surface area contributed by atoms with E-state index in [1.807, 2.05) is 81.4 Å². The molecule has 2 atom stereocenters. The van der Waals surface area contributed by atoms with Gasteiger partial charge in [-0.15, -0.1) is 0 Å². The molecule has 0 radical (unpaired) electrons. The van der Waals surface area contributed by atoms with Gasteiger partial charge in [-0.1, -0.05) is 61.0 Å². The first-order valence-electron chi connectivity index (χ1n) is 13.1. The lowest BCUT2D eigenvalue weighted by molar-refractivity contribution is -0.140. The molecule has 3 aromatic carbocycles. The fourth-order valence-electron chi connectivity index (χ4n) is 4.39. The summed E-state index contributed by atoms with van der Waals surface area (Å²) in [6, 6.07) is 17.8. The highest BCUT2D eigenvalue weighted by atomic mass is 16.6. The summed E-state index contributed by atoms with van der Waals surface area (Å²) >= 11 is 0. The van der Waals surface area contributed by atoms with Gasteiger partial charge in [0.25, 0.3) is 5.91 Å². The van der Waals surface area contributed by atoms with Crippen molar-refractivity contribution >= 4 is 34.4 Å². The van der Waals surface area contributed by atoms with Gasteiger partial charge in [0, 0.05) is 12.2 Å². The Morgan fingerprint density at radius 2 is 1.63 bits per heavy atom. The van der Waals surface area contributed by atoms with Crippen molar-refractivity contribution in [3.63, 3.8) is 0 Å². The van der Waals surface area contributed by atoms with Gasteiger partial charge in [-0.2, -0.15) is 0 Å². The first-order valence-corrected chi connectivity index (χ1v) is 13.1. The Kier molecular flexibility index (Phi) is 9.15. The Labute approximate surface area is 225 Å². The average Bonchev–Trinajstić information content (AvgIpc) is 2.84. The molecule has 0 saturated carbocycles. The lowest BCUT2D eigenvalue weighted by Crippen LogP contribution is -2.51. The van der Waals surface area contributed by atoms with E-state index in [2.05, 4.69) is 10.6 Å². The third kappa shape index (κ3) is 7.34. The number of aryl methyl sites for hydroxylation is 2. The molecule has 0 heterocycles. The van der Waals surface area contributed by atoms with Crippen LogP contribution in [0.4, 0.5) is 10.5 Å². The molecule has 0 aliphatic heterocycles. The number of ether oxygens (including phenoxy) is 1. The minimum atomic E-state index is -0.892. The summed E-state index contributed by atoms with van der Waals surface area (Å²) in [6.07, 6.45) is -0.0473. The minimum Gasteiger partial charge on any atom is -0.444 e. The van der Waals surface area contributed by atoms with E-state index in [-0.39, 0.29) is 11.8 Å². The number of rotatable bonds is 8. The normalized spacial score (nSPS) is 12.9. The number of nitrogens with one attached hydrogen (secondary N) is 2. The number of hydrogen-bond acceptors (Lipinski definition) is 4. The second-order valence-corrected chi connectivity index (χ2v) is 10.7. The Morgan fingerprint density at radius 3 is 2.29 bits per heavy atom. The van der Waals surface area contributed by atoms with Crippen LogP contribution in [0.3, 0.4) is 0 Å². The first-order chi connectivity index (χ1) is 17.9. The molecule has 2 unspecified atom stereocenters. The number of amides is 3. The fraction of sp³-hybridized carbons (Fsp3) is 0.387. The molecule has 38 heavy (non-hydrogen) atoms. The number of alkyl carbamates (subject to hydrolysis) is 1. The van der Waals surface area contributed by atoms with Crippen molar-refractivity contribution in [2.75, 3.05) is 11.9 Å². The molecular weight excluding hydrogens is 478 g/mol. The van der Waals surface area contributed by atoms with Crippen LogP contribution in [0.1, 0.15) is 63.8 Å². The maximum absolute atomic E-state index is 13.9. The van der Waals surface area contributed by atoms with Gasteiger partial charge in [0.15, 0.2) is 0 Å². The maximum atomic E-state index is 13.9. The largest absolute Gasteiger partial charge is 0.444 e. The Morgan fingerprint density at radius 1 is 0.947 bits per heavy atom. The van der Waals surface area contributed by atoms with Crippen molar-refractivity contribution in [3.8, 4) is 0 Å². The number of fused-ring (bicyclic) bond motifs is 1. The quantitative estimate of drug-likeness (QED) is 0.368. The number of hydrogen-bond donors (Lipinski definition) is 2. The van der Waals surface area contributed by atoms with E-state index < -0.39 is 23.8 Å². The Balaban J connectivity index is 1.97. The zero-order valence-corrected chi connectivity index (χ0v) is 23.4. The fourth-order valence-corrected chi connectivity index (χ4v) is 4.39. The summed E-state index contributed by atoms with van der Waals surface area (Å²) in [5.74, 6) is -0.683. The predicted molar refractivity (Wildman–Crippen MR) is 152 cm³/mol. The molecule has 0 aliphatic rings. The monoisotopic (exact) mass is 517 g/mol. The molecule has 0 aliphatic carbocycles. The highest BCUT2D eigenvalue weighted by molar-refractivity contribution is 6.00. The molecule has 0 fully saturated rings. The number of benzene rings is 3. The van der Waals surface area contributed by atoms with Crippen LogP contribution in [-0.4, -0.2) is 41.0 Å². The van der Waals surface area contributed by atoms with E-state index in [1.165, 1.54) is 0 Å². The smallest absolute Gasteiger partial charge is 0.408 e. The standard InChI is InChI=1S/C31H39N3O4/c1-8-17-34(29(36)22(4)32-30(37)38-31(5,6)7)27(26-18-20(2)13-14-21(26)3)28(35)33-25-16-15-23-11-9-10-12-24(23)19-25/h9-16,18-19,22,27H,8,17H2,1-7H3,(H,32,37)(H,33,35). The van der Waals surface area contributed by atoms with Crippen LogP contribution in [0.2, 0.25) is 0 Å². The summed E-state index contributed by atoms with van der Waals surface area (Å²) in [5, 5.41) is 7.75. The summed E-state index contributed by atoms with van der Waals surface area (Å²) in [6.45, 7) is 13.1. The van der Waals surface area contributed by atoms with Crippen LogP contribution in [-0.2, 0) is 14.3 Å². The highest BCUT2D eigenvalue weighted by Crippen LogP contribution is 2.29. The van der Waals surface area contributed by atoms with Gasteiger partial charge in [-0.25, -0.2) is 4.79 Å². The minimum absolute atomic E-state index is 0.319. The molecule has 7 nitrogen and oxygen atoms in total. The van der Waals surface area contributed by atoms with Crippen LogP contribution in [0.25, 0.3) is 10.8 Å². The Hall–Kier alpha value is -3.87. The second kappa shape index (κ2) is 12.1. The van der Waals surface area contributed by atoms with Gasteiger partial charge in [-0.05, 0) is 82.0 Å². The molecule has 3 rings (SSSR count). The molecule has 0 aromatic heterocycles. The first kappa shape index (κ1) is 28.7. The van der Waals surface area contributed by atoms with Gasteiger partial charge < -0.3 is 20.3 Å². The lowest BCUT2D eigenvalue weighted by atomic mass is 9.96. The van der Waals surface area contributed by atoms with Crippen molar-refractivity contribution in [3.05, 3.63) is 77.4 Å². The van der Waals surface area contributed by atoms with Gasteiger partial charge in [0.2, 0.25) is 5.91 Å². The average molecular weight is 518 g/mol. The number of carbonyl (C=O) groups excluding carboxylic acids is 3. The van der Waals surface area contributed by atoms with E-state index in [0.29, 0.717) is 18.7 Å². The summed E-state index contributed by atoms with van der Waals surface area (Å²) in [5.41, 5.74) is 2.58. The van der Waals surface area contributed by atoms with Crippen LogP contribution in [0.15, 0.2) is 60.7 Å². The van der Waals surface area contributed by atoms with E-state index >= 15 is 0 Å². The molecule has 0 spiro atoms. The molecule has 0 bridgehead atoms. The van der Waals surface area contributed by atoms with Gasteiger partial charge in [0.1, 0.15) is 17.7 Å². The summed E-state index contributed by atoms with van der Waals surface area (Å²) in [4.78, 5) is 41.6. The van der Waals surface area contributed by atoms with E-state index in [4.69, 9.17) is 4.74 Å². The summed E-state index contributed by atoms with van der Waals surface area (Å²) in [7, 11) is 0. The molecule has 3 amide bonds. The van der Waals surface area contributed by atoms with Crippen LogP contribution in [0, 0.1) is 13.8 Å². The highest BCUT2D eigenvalue weighted by Gasteiger charge is 2.35. The van der Waals surface area contributed by atoms with E-state index in [9.17, 15) is 14.4 Å². The number of anilines is 1. The van der Waals surface area contributed by atoms with Crippen LogP contribution in [0.5, 0.6) is 0 Å². The predicted octanol–water partition coefficient (Wildman–Crippen LogP) is 6.29. The molecule has 0 saturated heterocycles. The summed E-state index contributed by atoms with van der Waals surface area (Å²) < 4.78 is 5.34. The van der Waals surface area contributed by atoms with Crippen molar-refractivity contribution < 1.29 is 19.1 Å². The molecule has 3 aromatic rings. The van der Waals surface area contributed by atoms with Crippen molar-refractivity contribution in [1.82, 2.24) is 10.2 Å². The zero-order chi connectivity index (χ0) is 28.0. The van der Waals surface area contributed by atoms with Crippen LogP contribution >= 0.6 is 0 Å². The molecule has 2 N–H and O–H groups in total. The maximum Gasteiger partial charge on any atom is 0.408 e. The van der Waals surface area contributed by atoms with Crippen LogP contribution < -0.4 is 10.6 Å².